The van der Waals surface area contributed by atoms with Crippen molar-refractivity contribution in [3.63, 3.8) is 0 Å². The van der Waals surface area contributed by atoms with E-state index in [0.717, 1.165) is 12.8 Å². The van der Waals surface area contributed by atoms with Crippen LogP contribution in [0.5, 0.6) is 0 Å². The molecular weight excluding hydrogens is 254 g/mol. The molecule has 0 atom stereocenters. The van der Waals surface area contributed by atoms with Crippen molar-refractivity contribution in [2.45, 2.75) is 44.9 Å². The van der Waals surface area contributed by atoms with E-state index in [1.165, 1.54) is 19.3 Å². The topological polar surface area (TPSA) is 66.4 Å². The highest BCUT2D eigenvalue weighted by molar-refractivity contribution is 5.92. The molecule has 1 fully saturated rings. The van der Waals surface area contributed by atoms with Gasteiger partial charge in [0.15, 0.2) is 0 Å². The molecule has 0 aromatic heterocycles. The summed E-state index contributed by atoms with van der Waals surface area (Å²) >= 11 is 0. The quantitative estimate of drug-likeness (QED) is 0.867. The summed E-state index contributed by atoms with van der Waals surface area (Å²) < 4.78 is 0. The molecule has 1 aliphatic rings. The van der Waals surface area contributed by atoms with Crippen molar-refractivity contribution in [2.24, 2.45) is 5.92 Å². The number of amides is 1. The molecule has 1 amide bonds. The van der Waals surface area contributed by atoms with Crippen molar-refractivity contribution in [3.05, 3.63) is 29.8 Å². The molecule has 20 heavy (non-hydrogen) atoms. The molecule has 2 rings (SSSR count). The number of carboxylic acids is 1. The van der Waals surface area contributed by atoms with E-state index >= 15 is 0 Å². The molecule has 4 heteroatoms. The predicted octanol–water partition coefficient (Wildman–Crippen LogP) is 3.22. The van der Waals surface area contributed by atoms with Crippen molar-refractivity contribution < 1.29 is 14.7 Å². The summed E-state index contributed by atoms with van der Waals surface area (Å²) in [4.78, 5) is 22.9. The van der Waals surface area contributed by atoms with Gasteiger partial charge in [-0.2, -0.15) is 0 Å². The van der Waals surface area contributed by atoms with Gasteiger partial charge in [0.25, 0.3) is 0 Å². The molecule has 0 aliphatic heterocycles. The first-order chi connectivity index (χ1) is 9.65. The Bertz CT molecular complexity index is 478. The van der Waals surface area contributed by atoms with Crippen molar-refractivity contribution in [1.29, 1.82) is 0 Å². The summed E-state index contributed by atoms with van der Waals surface area (Å²) in [7, 11) is 0. The lowest BCUT2D eigenvalue weighted by Gasteiger charge is -2.21. The zero-order valence-corrected chi connectivity index (χ0v) is 11.6. The number of hydrogen-bond acceptors (Lipinski definition) is 2. The van der Waals surface area contributed by atoms with Crippen LogP contribution in [0.4, 0.5) is 5.69 Å². The summed E-state index contributed by atoms with van der Waals surface area (Å²) in [5, 5.41) is 11.7. The Morgan fingerprint density at radius 3 is 2.55 bits per heavy atom. The summed E-state index contributed by atoms with van der Waals surface area (Å²) in [5.41, 5.74) is 1.27. The van der Waals surface area contributed by atoms with Crippen LogP contribution in [0, 0.1) is 5.92 Å². The van der Waals surface area contributed by atoms with E-state index in [1.807, 2.05) is 6.07 Å². The van der Waals surface area contributed by atoms with Gasteiger partial charge in [-0.3, -0.25) is 9.59 Å². The van der Waals surface area contributed by atoms with Crippen LogP contribution >= 0.6 is 0 Å². The Kier molecular flexibility index (Phi) is 5.16. The molecule has 0 saturated heterocycles. The van der Waals surface area contributed by atoms with Crippen LogP contribution in [0.15, 0.2) is 24.3 Å². The van der Waals surface area contributed by atoms with Crippen LogP contribution in [-0.4, -0.2) is 17.0 Å². The largest absolute Gasteiger partial charge is 0.481 e. The summed E-state index contributed by atoms with van der Waals surface area (Å²) in [6, 6.07) is 7.10. The van der Waals surface area contributed by atoms with Gasteiger partial charge in [-0.1, -0.05) is 37.5 Å². The zero-order valence-electron chi connectivity index (χ0n) is 11.6. The number of benzene rings is 1. The monoisotopic (exact) mass is 275 g/mol. The number of nitrogens with one attached hydrogen (secondary N) is 1. The van der Waals surface area contributed by atoms with E-state index in [2.05, 4.69) is 5.32 Å². The minimum Gasteiger partial charge on any atom is -0.481 e. The van der Waals surface area contributed by atoms with Crippen molar-refractivity contribution in [2.75, 3.05) is 5.32 Å². The highest BCUT2D eigenvalue weighted by Crippen LogP contribution is 2.27. The second-order valence-electron chi connectivity index (χ2n) is 5.48. The van der Waals surface area contributed by atoms with E-state index in [0.29, 0.717) is 23.6 Å². The lowest BCUT2D eigenvalue weighted by Crippen LogP contribution is -2.19. The SMILES string of the molecule is O=C(O)Cc1ccccc1NC(=O)CC1CCCCC1. The van der Waals surface area contributed by atoms with Crippen molar-refractivity contribution >= 4 is 17.6 Å². The predicted molar refractivity (Wildman–Crippen MR) is 77.6 cm³/mol. The highest BCUT2D eigenvalue weighted by atomic mass is 16.4. The van der Waals surface area contributed by atoms with E-state index in [9.17, 15) is 9.59 Å². The van der Waals surface area contributed by atoms with Gasteiger partial charge in [0.2, 0.25) is 5.91 Å². The maximum absolute atomic E-state index is 12.1. The number of carbonyl (C=O) groups is 2. The lowest BCUT2D eigenvalue weighted by molar-refractivity contribution is -0.136. The van der Waals surface area contributed by atoms with Gasteiger partial charge < -0.3 is 10.4 Å². The van der Waals surface area contributed by atoms with E-state index < -0.39 is 5.97 Å². The van der Waals surface area contributed by atoms with Gasteiger partial charge in [-0.15, -0.1) is 0 Å². The van der Waals surface area contributed by atoms with Gasteiger partial charge in [0.1, 0.15) is 0 Å². The van der Waals surface area contributed by atoms with Gasteiger partial charge >= 0.3 is 5.97 Å². The minimum atomic E-state index is -0.890. The fraction of sp³-hybridized carbons (Fsp3) is 0.500. The number of para-hydroxylation sites is 1. The molecule has 0 radical (unpaired) electrons. The average molecular weight is 275 g/mol. The molecule has 108 valence electrons. The lowest BCUT2D eigenvalue weighted by atomic mass is 9.87. The third-order valence-electron chi connectivity index (χ3n) is 3.83. The maximum atomic E-state index is 12.1. The van der Waals surface area contributed by atoms with Gasteiger partial charge in [0, 0.05) is 12.1 Å². The number of aliphatic carboxylic acids is 1. The fourth-order valence-corrected chi connectivity index (χ4v) is 2.81. The van der Waals surface area contributed by atoms with Crippen LogP contribution in [0.25, 0.3) is 0 Å². The molecular formula is C16H21NO3. The number of carboxylic acid groups (broad SMARTS) is 1. The van der Waals surface area contributed by atoms with Crippen LogP contribution < -0.4 is 5.32 Å². The van der Waals surface area contributed by atoms with E-state index in [-0.39, 0.29) is 12.3 Å². The van der Waals surface area contributed by atoms with E-state index in [1.54, 1.807) is 18.2 Å². The molecule has 0 unspecified atom stereocenters. The number of rotatable bonds is 5. The van der Waals surface area contributed by atoms with Crippen LogP contribution in [0.3, 0.4) is 0 Å². The molecule has 4 nitrogen and oxygen atoms in total. The Balaban J connectivity index is 1.94. The van der Waals surface area contributed by atoms with Gasteiger partial charge in [-0.25, -0.2) is 0 Å². The van der Waals surface area contributed by atoms with Gasteiger partial charge in [-0.05, 0) is 30.4 Å². The zero-order chi connectivity index (χ0) is 14.4. The normalized spacial score (nSPS) is 15.8. The Morgan fingerprint density at radius 1 is 1.15 bits per heavy atom. The first-order valence-corrected chi connectivity index (χ1v) is 7.24. The second-order valence-corrected chi connectivity index (χ2v) is 5.48. The molecule has 1 saturated carbocycles. The molecule has 0 heterocycles. The Labute approximate surface area is 119 Å². The highest BCUT2D eigenvalue weighted by Gasteiger charge is 2.17. The third-order valence-corrected chi connectivity index (χ3v) is 3.83. The number of anilines is 1. The third kappa shape index (κ3) is 4.37. The Hall–Kier alpha value is -1.84. The van der Waals surface area contributed by atoms with Crippen LogP contribution in [0.1, 0.15) is 44.1 Å². The molecule has 1 aliphatic carbocycles. The van der Waals surface area contributed by atoms with Crippen LogP contribution in [-0.2, 0) is 16.0 Å². The maximum Gasteiger partial charge on any atom is 0.307 e. The first-order valence-electron chi connectivity index (χ1n) is 7.24. The fourth-order valence-electron chi connectivity index (χ4n) is 2.81. The second kappa shape index (κ2) is 7.08. The molecule has 1 aromatic rings. The average Bonchev–Trinajstić information content (AvgIpc) is 2.41. The van der Waals surface area contributed by atoms with Crippen molar-refractivity contribution in [3.8, 4) is 0 Å². The summed E-state index contributed by atoms with van der Waals surface area (Å²) in [6.07, 6.45) is 6.44. The van der Waals surface area contributed by atoms with Crippen molar-refractivity contribution in [1.82, 2.24) is 0 Å². The molecule has 1 aromatic carbocycles. The summed E-state index contributed by atoms with van der Waals surface area (Å²) in [5.74, 6) is -0.413. The Morgan fingerprint density at radius 2 is 1.85 bits per heavy atom. The minimum absolute atomic E-state index is 0.00487. The molecule has 0 spiro atoms. The molecule has 2 N–H and O–H groups in total. The standard InChI is InChI=1S/C16H21NO3/c18-15(10-12-6-2-1-3-7-12)17-14-9-5-4-8-13(14)11-16(19)20/h4-5,8-9,12H,1-3,6-7,10-11H2,(H,17,18)(H,19,20). The summed E-state index contributed by atoms with van der Waals surface area (Å²) in [6.45, 7) is 0. The first kappa shape index (κ1) is 14.6. The van der Waals surface area contributed by atoms with E-state index in [4.69, 9.17) is 5.11 Å². The number of carbonyl (C=O) groups excluding carboxylic acids is 1. The molecule has 0 bridgehead atoms. The van der Waals surface area contributed by atoms with Gasteiger partial charge in [0.05, 0.1) is 6.42 Å². The van der Waals surface area contributed by atoms with Crippen LogP contribution in [0.2, 0.25) is 0 Å². The number of hydrogen-bond donors (Lipinski definition) is 2. The smallest absolute Gasteiger partial charge is 0.307 e.